The SMILES string of the molecule is CC(=O)Oc1c(OC(C)=O)c(OC(C)=O)c(C(C)=O)c(C(C)=O)c1OC(C)=O. The van der Waals surface area contributed by atoms with Crippen LogP contribution in [-0.2, 0) is 19.2 Å². The monoisotopic (exact) mass is 394 g/mol. The number of rotatable bonds is 6. The summed E-state index contributed by atoms with van der Waals surface area (Å²) in [7, 11) is 0. The summed E-state index contributed by atoms with van der Waals surface area (Å²) in [6.07, 6.45) is 0. The molecule has 10 heteroatoms. The van der Waals surface area contributed by atoms with E-state index < -0.39 is 69.6 Å². The Morgan fingerprint density at radius 2 is 0.643 bits per heavy atom. The van der Waals surface area contributed by atoms with Crippen LogP contribution < -0.4 is 18.9 Å². The Hall–Kier alpha value is -3.56. The standard InChI is InChI=1S/C18H18O10/c1-7(19)13-14(8(2)20)16(26-10(4)22)18(28-12(6)24)17(27-11(5)23)15(13)25-9(3)21/h1-6H3. The lowest BCUT2D eigenvalue weighted by molar-refractivity contribution is -0.136. The van der Waals surface area contributed by atoms with E-state index in [1.807, 2.05) is 0 Å². The van der Waals surface area contributed by atoms with Gasteiger partial charge in [-0.3, -0.25) is 28.8 Å². The molecule has 0 N–H and O–H groups in total. The van der Waals surface area contributed by atoms with E-state index in [-0.39, 0.29) is 0 Å². The summed E-state index contributed by atoms with van der Waals surface area (Å²) in [5.41, 5.74) is -0.961. The molecule has 0 spiro atoms. The van der Waals surface area contributed by atoms with Gasteiger partial charge in [0.2, 0.25) is 11.5 Å². The summed E-state index contributed by atoms with van der Waals surface area (Å²) < 4.78 is 19.9. The number of carbonyl (C=O) groups is 6. The topological polar surface area (TPSA) is 139 Å². The molecule has 10 nitrogen and oxygen atoms in total. The average Bonchev–Trinajstić information content (AvgIpc) is 2.49. The molecule has 0 aliphatic rings. The molecule has 1 rings (SSSR count). The Bertz CT molecular complexity index is 821. The molecule has 0 aliphatic heterocycles. The molecule has 0 aromatic heterocycles. The molecule has 0 bridgehead atoms. The first-order valence-corrected chi connectivity index (χ1v) is 7.86. The maximum Gasteiger partial charge on any atom is 0.308 e. The minimum Gasteiger partial charge on any atom is -0.422 e. The van der Waals surface area contributed by atoms with Crippen LogP contribution >= 0.6 is 0 Å². The van der Waals surface area contributed by atoms with Gasteiger partial charge in [-0.2, -0.15) is 0 Å². The van der Waals surface area contributed by atoms with E-state index in [0.717, 1.165) is 41.5 Å². The molecule has 1 aromatic carbocycles. The maximum atomic E-state index is 12.3. The third-order valence-corrected chi connectivity index (χ3v) is 3.01. The second kappa shape index (κ2) is 8.89. The van der Waals surface area contributed by atoms with Crippen LogP contribution in [0.15, 0.2) is 0 Å². The van der Waals surface area contributed by atoms with Gasteiger partial charge in [0.25, 0.3) is 0 Å². The van der Waals surface area contributed by atoms with Crippen molar-refractivity contribution in [2.75, 3.05) is 0 Å². The zero-order valence-electron chi connectivity index (χ0n) is 16.1. The summed E-state index contributed by atoms with van der Waals surface area (Å²) in [5, 5.41) is 0. The van der Waals surface area contributed by atoms with Crippen molar-refractivity contribution in [3.63, 3.8) is 0 Å². The first-order valence-electron chi connectivity index (χ1n) is 7.86. The van der Waals surface area contributed by atoms with Gasteiger partial charge in [0, 0.05) is 27.7 Å². The molecule has 0 fully saturated rings. The zero-order chi connectivity index (χ0) is 21.8. The molecular weight excluding hydrogens is 376 g/mol. The molecule has 0 saturated carbocycles. The predicted molar refractivity (Wildman–Crippen MR) is 91.7 cm³/mol. The Morgan fingerprint density at radius 3 is 0.821 bits per heavy atom. The minimum absolute atomic E-state index is 0.480. The number of hydrogen-bond acceptors (Lipinski definition) is 10. The fourth-order valence-corrected chi connectivity index (χ4v) is 2.29. The van der Waals surface area contributed by atoms with E-state index in [4.69, 9.17) is 18.9 Å². The largest absolute Gasteiger partial charge is 0.422 e. The lowest BCUT2D eigenvalue weighted by atomic mass is 9.97. The smallest absolute Gasteiger partial charge is 0.308 e. The van der Waals surface area contributed by atoms with E-state index in [2.05, 4.69) is 0 Å². The van der Waals surface area contributed by atoms with Crippen LogP contribution in [0.1, 0.15) is 62.3 Å². The van der Waals surface area contributed by atoms with Gasteiger partial charge in [0.05, 0.1) is 11.1 Å². The summed E-state index contributed by atoms with van der Waals surface area (Å²) >= 11 is 0. The molecule has 0 amide bonds. The molecule has 28 heavy (non-hydrogen) atoms. The van der Waals surface area contributed by atoms with Gasteiger partial charge in [-0.25, -0.2) is 0 Å². The highest BCUT2D eigenvalue weighted by Crippen LogP contribution is 2.50. The normalized spacial score (nSPS) is 9.93. The van der Waals surface area contributed by atoms with E-state index in [9.17, 15) is 28.8 Å². The number of carbonyl (C=O) groups excluding carboxylic acids is 6. The number of esters is 4. The predicted octanol–water partition coefficient (Wildman–Crippen LogP) is 1.79. The lowest BCUT2D eigenvalue weighted by Gasteiger charge is -2.21. The van der Waals surface area contributed by atoms with Crippen molar-refractivity contribution >= 4 is 35.4 Å². The minimum atomic E-state index is -0.930. The summed E-state index contributed by atoms with van der Waals surface area (Å²) in [4.78, 5) is 70.7. The van der Waals surface area contributed by atoms with Gasteiger partial charge in [0.1, 0.15) is 0 Å². The first-order chi connectivity index (χ1) is 12.9. The summed E-state index contributed by atoms with van der Waals surface area (Å²) in [6, 6.07) is 0. The molecule has 0 heterocycles. The van der Waals surface area contributed by atoms with Crippen molar-refractivity contribution in [2.45, 2.75) is 41.5 Å². The molecular formula is C18H18O10. The highest BCUT2D eigenvalue weighted by atomic mass is 16.6. The van der Waals surface area contributed by atoms with Crippen molar-refractivity contribution in [1.82, 2.24) is 0 Å². The number of ketones is 2. The van der Waals surface area contributed by atoms with Crippen molar-refractivity contribution in [3.8, 4) is 23.0 Å². The number of Topliss-reactive ketones (excluding diaryl/α,β-unsaturated/α-hetero) is 2. The Morgan fingerprint density at radius 1 is 0.429 bits per heavy atom. The number of benzene rings is 1. The molecule has 150 valence electrons. The third kappa shape index (κ3) is 5.22. The zero-order valence-corrected chi connectivity index (χ0v) is 16.1. The van der Waals surface area contributed by atoms with E-state index in [1.54, 1.807) is 0 Å². The number of hydrogen-bond donors (Lipinski definition) is 0. The highest BCUT2D eigenvalue weighted by Gasteiger charge is 2.35. The van der Waals surface area contributed by atoms with Gasteiger partial charge >= 0.3 is 23.9 Å². The van der Waals surface area contributed by atoms with Crippen LogP contribution in [0, 0.1) is 0 Å². The van der Waals surface area contributed by atoms with Gasteiger partial charge in [-0.15, -0.1) is 0 Å². The van der Waals surface area contributed by atoms with Crippen LogP contribution in [0.2, 0.25) is 0 Å². The van der Waals surface area contributed by atoms with Crippen molar-refractivity contribution in [3.05, 3.63) is 11.1 Å². The first kappa shape index (κ1) is 22.5. The Balaban J connectivity index is 4.24. The summed E-state index contributed by atoms with van der Waals surface area (Å²) in [6.45, 7) is 6.09. The van der Waals surface area contributed by atoms with Gasteiger partial charge < -0.3 is 18.9 Å². The van der Waals surface area contributed by atoms with Gasteiger partial charge in [-0.05, 0) is 13.8 Å². The van der Waals surface area contributed by atoms with E-state index in [1.165, 1.54) is 0 Å². The van der Waals surface area contributed by atoms with Crippen LogP contribution in [0.25, 0.3) is 0 Å². The second-order valence-corrected chi connectivity index (χ2v) is 5.55. The number of ether oxygens (including phenoxy) is 4. The molecule has 0 saturated heterocycles. The van der Waals surface area contributed by atoms with Gasteiger partial charge in [-0.1, -0.05) is 0 Å². The van der Waals surface area contributed by atoms with Crippen molar-refractivity contribution < 1.29 is 47.7 Å². The average molecular weight is 394 g/mol. The Kier molecular flexibility index (Phi) is 7.14. The van der Waals surface area contributed by atoms with Crippen LogP contribution in [0.4, 0.5) is 0 Å². The fraction of sp³-hybridized carbons (Fsp3) is 0.333. The van der Waals surface area contributed by atoms with Crippen LogP contribution in [0.5, 0.6) is 23.0 Å². The summed E-state index contributed by atoms with van der Waals surface area (Å²) in [5.74, 6) is -7.79. The molecule has 0 aliphatic carbocycles. The van der Waals surface area contributed by atoms with E-state index >= 15 is 0 Å². The molecule has 0 unspecified atom stereocenters. The Labute approximate surface area is 159 Å². The second-order valence-electron chi connectivity index (χ2n) is 5.55. The lowest BCUT2D eigenvalue weighted by Crippen LogP contribution is -2.19. The molecule has 1 aromatic rings. The van der Waals surface area contributed by atoms with Gasteiger partial charge in [0.15, 0.2) is 23.1 Å². The highest BCUT2D eigenvalue weighted by molar-refractivity contribution is 6.13. The van der Waals surface area contributed by atoms with Crippen molar-refractivity contribution in [2.24, 2.45) is 0 Å². The van der Waals surface area contributed by atoms with E-state index in [0.29, 0.717) is 0 Å². The maximum absolute atomic E-state index is 12.3. The molecule has 0 atom stereocenters. The molecule has 0 radical (unpaired) electrons. The van der Waals surface area contributed by atoms with Crippen LogP contribution in [0.3, 0.4) is 0 Å². The van der Waals surface area contributed by atoms with Crippen LogP contribution in [-0.4, -0.2) is 35.4 Å². The fourth-order valence-electron chi connectivity index (χ4n) is 2.29. The van der Waals surface area contributed by atoms with Crippen molar-refractivity contribution in [1.29, 1.82) is 0 Å². The quantitative estimate of drug-likeness (QED) is 0.398. The third-order valence-electron chi connectivity index (χ3n) is 3.01.